The number of hydrogen-bond donors (Lipinski definition) is 0. The van der Waals surface area contributed by atoms with E-state index in [0.717, 1.165) is 5.92 Å². The van der Waals surface area contributed by atoms with Crippen LogP contribution >= 0.6 is 0 Å². The van der Waals surface area contributed by atoms with E-state index in [1.807, 2.05) is 6.20 Å². The van der Waals surface area contributed by atoms with Gasteiger partial charge in [-0.3, -0.25) is 4.98 Å². The molecule has 1 saturated heterocycles. The molecule has 0 atom stereocenters. The molecule has 2 aromatic rings. The van der Waals surface area contributed by atoms with Crippen LogP contribution in [0.25, 0.3) is 10.8 Å². The summed E-state index contributed by atoms with van der Waals surface area (Å²) >= 11 is 0. The van der Waals surface area contributed by atoms with Crippen molar-refractivity contribution < 1.29 is 0 Å². The molecule has 0 bridgehead atoms. The molecule has 1 aromatic carbocycles. The molecule has 1 fully saturated rings. The Morgan fingerprint density at radius 1 is 1.19 bits per heavy atom. The summed E-state index contributed by atoms with van der Waals surface area (Å²) < 4.78 is 0. The van der Waals surface area contributed by atoms with Crippen molar-refractivity contribution in [3.8, 4) is 0 Å². The summed E-state index contributed by atoms with van der Waals surface area (Å²) in [6, 6.07) is 9.09. The van der Waals surface area contributed by atoms with Gasteiger partial charge in [0.15, 0.2) is 0 Å². The molecule has 2 heteroatoms. The van der Waals surface area contributed by atoms with Crippen molar-refractivity contribution in [1.82, 2.24) is 9.88 Å². The highest BCUT2D eigenvalue weighted by atomic mass is 15.1. The van der Waals surface area contributed by atoms with Gasteiger partial charge in [0, 0.05) is 11.6 Å². The topological polar surface area (TPSA) is 16.1 Å². The highest BCUT2D eigenvalue weighted by molar-refractivity contribution is 5.85. The maximum absolute atomic E-state index is 4.60. The predicted molar refractivity (Wildman–Crippen MR) is 89.8 cm³/mol. The predicted octanol–water partition coefficient (Wildman–Crippen LogP) is 4.24. The molecule has 112 valence electrons. The van der Waals surface area contributed by atoms with E-state index in [2.05, 4.69) is 55.0 Å². The zero-order valence-electron chi connectivity index (χ0n) is 13.5. The van der Waals surface area contributed by atoms with Crippen molar-refractivity contribution in [3.05, 3.63) is 41.7 Å². The Bertz CT molecular complexity index is 610. The van der Waals surface area contributed by atoms with E-state index < -0.39 is 0 Å². The molecule has 2 heterocycles. The molecule has 0 aliphatic carbocycles. The van der Waals surface area contributed by atoms with Gasteiger partial charge in [-0.2, -0.15) is 0 Å². The van der Waals surface area contributed by atoms with Crippen LogP contribution in [0.2, 0.25) is 0 Å². The van der Waals surface area contributed by atoms with Gasteiger partial charge in [0.2, 0.25) is 0 Å². The van der Waals surface area contributed by atoms with E-state index in [1.165, 1.54) is 54.4 Å². The zero-order valence-corrected chi connectivity index (χ0v) is 13.5. The average Bonchev–Trinajstić information content (AvgIpc) is 2.49. The second kappa shape index (κ2) is 6.15. The summed E-state index contributed by atoms with van der Waals surface area (Å²) in [5.41, 5.74) is 2.71. The van der Waals surface area contributed by atoms with Crippen LogP contribution in [-0.2, 0) is 6.42 Å². The van der Waals surface area contributed by atoms with Crippen molar-refractivity contribution in [1.29, 1.82) is 0 Å². The van der Waals surface area contributed by atoms with E-state index in [9.17, 15) is 0 Å². The van der Waals surface area contributed by atoms with Crippen LogP contribution in [0.3, 0.4) is 0 Å². The SMILES string of the molecule is CC(C)c1nccc2ccc(CC3CCN(C)CC3)cc12. The van der Waals surface area contributed by atoms with Crippen LogP contribution in [-0.4, -0.2) is 30.0 Å². The summed E-state index contributed by atoms with van der Waals surface area (Å²) in [5, 5.41) is 2.67. The Morgan fingerprint density at radius 2 is 1.95 bits per heavy atom. The third-order valence-corrected chi connectivity index (χ3v) is 4.77. The molecule has 0 saturated carbocycles. The summed E-state index contributed by atoms with van der Waals surface area (Å²) in [5.74, 6) is 1.32. The third kappa shape index (κ3) is 3.26. The quantitative estimate of drug-likeness (QED) is 0.837. The summed E-state index contributed by atoms with van der Waals surface area (Å²) in [6.07, 6.45) is 5.82. The van der Waals surface area contributed by atoms with E-state index in [-0.39, 0.29) is 0 Å². The average molecular weight is 282 g/mol. The molecule has 21 heavy (non-hydrogen) atoms. The molecule has 2 nitrogen and oxygen atoms in total. The van der Waals surface area contributed by atoms with Gasteiger partial charge in [-0.15, -0.1) is 0 Å². The molecule has 3 rings (SSSR count). The summed E-state index contributed by atoms with van der Waals surface area (Å²) in [4.78, 5) is 7.04. The fourth-order valence-corrected chi connectivity index (χ4v) is 3.42. The molecule has 0 radical (unpaired) electrons. The summed E-state index contributed by atoms with van der Waals surface area (Å²) in [7, 11) is 2.23. The van der Waals surface area contributed by atoms with Crippen LogP contribution < -0.4 is 0 Å². The zero-order chi connectivity index (χ0) is 14.8. The monoisotopic (exact) mass is 282 g/mol. The number of pyridine rings is 1. The minimum absolute atomic E-state index is 0.479. The molecular weight excluding hydrogens is 256 g/mol. The first-order chi connectivity index (χ1) is 10.1. The normalized spacial score (nSPS) is 17.7. The van der Waals surface area contributed by atoms with Crippen LogP contribution in [0.1, 0.15) is 43.9 Å². The summed E-state index contributed by atoms with van der Waals surface area (Å²) in [6.45, 7) is 6.95. The van der Waals surface area contributed by atoms with E-state index in [4.69, 9.17) is 0 Å². The van der Waals surface area contributed by atoms with Crippen LogP contribution in [0.4, 0.5) is 0 Å². The smallest absolute Gasteiger partial charge is 0.0507 e. The Balaban J connectivity index is 1.85. The molecule has 0 spiro atoms. The first kappa shape index (κ1) is 14.5. The second-order valence-electron chi connectivity index (χ2n) is 6.86. The lowest BCUT2D eigenvalue weighted by molar-refractivity contribution is 0.219. The lowest BCUT2D eigenvalue weighted by Crippen LogP contribution is -2.30. The lowest BCUT2D eigenvalue weighted by Gasteiger charge is -2.29. The van der Waals surface area contributed by atoms with Gasteiger partial charge in [-0.05, 0) is 74.3 Å². The number of hydrogen-bond acceptors (Lipinski definition) is 2. The largest absolute Gasteiger partial charge is 0.306 e. The molecule has 0 unspecified atom stereocenters. The van der Waals surface area contributed by atoms with Crippen molar-refractivity contribution >= 4 is 10.8 Å². The number of rotatable bonds is 3. The van der Waals surface area contributed by atoms with Crippen molar-refractivity contribution in [2.45, 2.75) is 39.0 Å². The standard InChI is InChI=1S/C19H26N2/c1-14(2)19-18-13-16(4-5-17(18)6-9-20-19)12-15-7-10-21(3)11-8-15/h4-6,9,13-15H,7-8,10-12H2,1-3H3. The first-order valence-electron chi connectivity index (χ1n) is 8.19. The van der Waals surface area contributed by atoms with E-state index in [0.29, 0.717) is 5.92 Å². The molecule has 1 aromatic heterocycles. The van der Waals surface area contributed by atoms with Crippen LogP contribution in [0.15, 0.2) is 30.5 Å². The van der Waals surface area contributed by atoms with Crippen LogP contribution in [0, 0.1) is 5.92 Å². The van der Waals surface area contributed by atoms with Gasteiger partial charge in [0.05, 0.1) is 5.69 Å². The Kier molecular flexibility index (Phi) is 4.25. The minimum Gasteiger partial charge on any atom is -0.306 e. The molecule has 1 aliphatic heterocycles. The van der Waals surface area contributed by atoms with Gasteiger partial charge in [-0.1, -0.05) is 26.0 Å². The highest BCUT2D eigenvalue weighted by Crippen LogP contribution is 2.27. The number of nitrogens with zero attached hydrogens (tertiary/aromatic N) is 2. The van der Waals surface area contributed by atoms with Gasteiger partial charge in [0.1, 0.15) is 0 Å². The number of benzene rings is 1. The number of fused-ring (bicyclic) bond motifs is 1. The van der Waals surface area contributed by atoms with E-state index >= 15 is 0 Å². The molecule has 0 amide bonds. The van der Waals surface area contributed by atoms with Gasteiger partial charge in [-0.25, -0.2) is 0 Å². The maximum Gasteiger partial charge on any atom is 0.0507 e. The molecule has 1 aliphatic rings. The minimum atomic E-state index is 0.479. The second-order valence-corrected chi connectivity index (χ2v) is 6.86. The maximum atomic E-state index is 4.60. The van der Waals surface area contributed by atoms with Gasteiger partial charge in [0.25, 0.3) is 0 Å². The van der Waals surface area contributed by atoms with Crippen molar-refractivity contribution in [2.75, 3.05) is 20.1 Å². The van der Waals surface area contributed by atoms with Gasteiger partial charge < -0.3 is 4.90 Å². The van der Waals surface area contributed by atoms with E-state index in [1.54, 1.807) is 0 Å². The number of aromatic nitrogens is 1. The van der Waals surface area contributed by atoms with Crippen LogP contribution in [0.5, 0.6) is 0 Å². The number of likely N-dealkylation sites (tertiary alicyclic amines) is 1. The van der Waals surface area contributed by atoms with Crippen molar-refractivity contribution in [2.24, 2.45) is 5.92 Å². The van der Waals surface area contributed by atoms with Crippen molar-refractivity contribution in [3.63, 3.8) is 0 Å². The number of piperidine rings is 1. The first-order valence-corrected chi connectivity index (χ1v) is 8.19. The Hall–Kier alpha value is -1.41. The highest BCUT2D eigenvalue weighted by Gasteiger charge is 2.17. The molecule has 0 N–H and O–H groups in total. The molecular formula is C19H26N2. The van der Waals surface area contributed by atoms with Gasteiger partial charge >= 0.3 is 0 Å². The fraction of sp³-hybridized carbons (Fsp3) is 0.526. The Labute approximate surface area is 128 Å². The fourth-order valence-electron chi connectivity index (χ4n) is 3.42. The Morgan fingerprint density at radius 3 is 2.67 bits per heavy atom. The third-order valence-electron chi connectivity index (χ3n) is 4.77. The lowest BCUT2D eigenvalue weighted by atomic mass is 9.89.